The van der Waals surface area contributed by atoms with E-state index in [9.17, 15) is 31.1 Å². The van der Waals surface area contributed by atoms with Crippen molar-refractivity contribution in [2.75, 3.05) is 38.2 Å². The van der Waals surface area contributed by atoms with Gasteiger partial charge in [0.2, 0.25) is 0 Å². The van der Waals surface area contributed by atoms with Crippen LogP contribution in [-0.2, 0) is 23.8 Å². The zero-order valence-electron chi connectivity index (χ0n) is 23.6. The molecule has 2 aliphatic rings. The first-order valence-corrected chi connectivity index (χ1v) is 14.3. The van der Waals surface area contributed by atoms with Crippen molar-refractivity contribution in [1.82, 2.24) is 4.90 Å². The molecule has 0 atom stereocenters. The number of piperazine rings is 1. The fraction of sp³-hybridized carbons (Fsp3) is 0.290. The van der Waals surface area contributed by atoms with Crippen molar-refractivity contribution in [2.45, 2.75) is 25.9 Å². The van der Waals surface area contributed by atoms with Crippen LogP contribution in [0.15, 0.2) is 70.6 Å². The molecule has 2 heterocycles. The molecule has 1 amide bonds. The molecule has 5 rings (SSSR count). The van der Waals surface area contributed by atoms with Crippen LogP contribution in [0.3, 0.4) is 0 Å². The summed E-state index contributed by atoms with van der Waals surface area (Å²) in [4.78, 5) is 21.7. The predicted molar refractivity (Wildman–Crippen MR) is 157 cm³/mol. The number of nitrogens with zero attached hydrogens (tertiary/aromatic N) is 3. The number of ether oxygens (including phenoxy) is 2. The van der Waals surface area contributed by atoms with Gasteiger partial charge in [0.05, 0.1) is 23.1 Å². The van der Waals surface area contributed by atoms with Crippen molar-refractivity contribution in [1.29, 1.82) is 0 Å². The van der Waals surface area contributed by atoms with Gasteiger partial charge in [0.25, 0.3) is 5.91 Å². The largest absolute Gasteiger partial charge is 0.493 e. The molecule has 3 aromatic carbocycles. The number of rotatable bonds is 6. The summed E-state index contributed by atoms with van der Waals surface area (Å²) in [5, 5.41) is 0.620. The number of amides is 1. The molecule has 0 unspecified atom stereocenters. The second-order valence-corrected chi connectivity index (χ2v) is 11.1. The molecule has 1 fully saturated rings. The van der Waals surface area contributed by atoms with Crippen LogP contribution < -0.4 is 14.4 Å². The molecule has 0 N–H and O–H groups in total. The number of benzene rings is 3. The average Bonchev–Trinajstić information content (AvgIpc) is 3.35. The molecule has 44 heavy (non-hydrogen) atoms. The molecule has 0 spiro atoms. The van der Waals surface area contributed by atoms with Crippen LogP contribution in [-0.4, -0.2) is 49.3 Å². The molecule has 232 valence electrons. The number of hydrogen-bond donors (Lipinski definition) is 0. The SMILES string of the molecule is COc1cc(/C=C2\SC(N3CCN(c4ccccc4C)CC3)=NC2=O)ccc1OCc1ccc(C(F)(F)F)cc1C(F)(F)F. The number of carbonyl (C=O) groups excluding carboxylic acids is 1. The van der Waals surface area contributed by atoms with Gasteiger partial charge in [-0.05, 0) is 66.2 Å². The normalized spacial score (nSPS) is 16.9. The maximum Gasteiger partial charge on any atom is 0.416 e. The Labute approximate surface area is 254 Å². The molecule has 0 bridgehead atoms. The number of hydrogen-bond acceptors (Lipinski definition) is 6. The van der Waals surface area contributed by atoms with Gasteiger partial charge in [0.15, 0.2) is 16.7 Å². The second kappa shape index (κ2) is 12.5. The highest BCUT2D eigenvalue weighted by atomic mass is 32.2. The van der Waals surface area contributed by atoms with Crippen molar-refractivity contribution >= 4 is 34.6 Å². The highest BCUT2D eigenvalue weighted by molar-refractivity contribution is 8.18. The van der Waals surface area contributed by atoms with Crippen LogP contribution in [0.2, 0.25) is 0 Å². The zero-order valence-corrected chi connectivity index (χ0v) is 24.4. The first-order chi connectivity index (χ1) is 20.8. The second-order valence-electron chi connectivity index (χ2n) is 10.1. The Bertz CT molecular complexity index is 1610. The first kappa shape index (κ1) is 31.3. The van der Waals surface area contributed by atoms with E-state index in [1.165, 1.54) is 36.2 Å². The fourth-order valence-corrected chi connectivity index (χ4v) is 5.90. The van der Waals surface area contributed by atoms with E-state index in [2.05, 4.69) is 33.8 Å². The highest BCUT2D eigenvalue weighted by Gasteiger charge is 2.38. The topological polar surface area (TPSA) is 54.4 Å². The number of halogens is 6. The lowest BCUT2D eigenvalue weighted by molar-refractivity contribution is -0.143. The Balaban J connectivity index is 1.25. The van der Waals surface area contributed by atoms with Gasteiger partial charge in [-0.15, -0.1) is 0 Å². The summed E-state index contributed by atoms with van der Waals surface area (Å²) in [6.45, 7) is 4.41. The van der Waals surface area contributed by atoms with Crippen molar-refractivity contribution < 1.29 is 40.6 Å². The van der Waals surface area contributed by atoms with Gasteiger partial charge in [-0.3, -0.25) is 4.79 Å². The number of anilines is 1. The van der Waals surface area contributed by atoms with Gasteiger partial charge in [-0.1, -0.05) is 30.3 Å². The Morgan fingerprint density at radius 1 is 0.886 bits per heavy atom. The van der Waals surface area contributed by atoms with Gasteiger partial charge in [-0.2, -0.15) is 31.3 Å². The molecule has 0 aliphatic carbocycles. The standard InChI is InChI=1S/C31H27F6N3O3S/c1-19-5-3-4-6-24(19)39-11-13-40(14-12-39)29-38-28(41)27(44-29)16-20-7-10-25(26(15-20)42-2)43-18-21-8-9-22(30(32,33)34)17-23(21)31(35,36)37/h3-10,15-17H,11-14,18H2,1-2H3/b27-16-. The number of thioether (sulfide) groups is 1. The molecule has 6 nitrogen and oxygen atoms in total. The van der Waals surface area contributed by atoms with E-state index in [1.807, 2.05) is 12.1 Å². The van der Waals surface area contributed by atoms with Crippen LogP contribution in [0, 0.1) is 6.92 Å². The number of aliphatic imine (C=N–C) groups is 1. The number of amidine groups is 1. The maximum absolute atomic E-state index is 13.5. The van der Waals surface area contributed by atoms with Gasteiger partial charge in [-0.25, -0.2) is 0 Å². The number of alkyl halides is 6. The first-order valence-electron chi connectivity index (χ1n) is 13.5. The molecule has 0 saturated carbocycles. The molecule has 13 heteroatoms. The van der Waals surface area contributed by atoms with E-state index in [0.717, 1.165) is 19.2 Å². The quantitative estimate of drug-likeness (QED) is 0.208. The number of aryl methyl sites for hydroxylation is 1. The number of methoxy groups -OCH3 is 1. The van der Waals surface area contributed by atoms with Crippen molar-refractivity contribution in [3.8, 4) is 11.5 Å². The minimum absolute atomic E-state index is 0.0714. The smallest absolute Gasteiger partial charge is 0.416 e. The Morgan fingerprint density at radius 3 is 2.25 bits per heavy atom. The lowest BCUT2D eigenvalue weighted by Crippen LogP contribution is -2.48. The molecule has 3 aromatic rings. The van der Waals surface area contributed by atoms with Crippen molar-refractivity contribution in [3.05, 3.63) is 93.4 Å². The van der Waals surface area contributed by atoms with E-state index in [-0.39, 0.29) is 23.5 Å². The van der Waals surface area contributed by atoms with Crippen LogP contribution in [0.25, 0.3) is 6.08 Å². The third kappa shape index (κ3) is 6.98. The Morgan fingerprint density at radius 2 is 1.59 bits per heavy atom. The maximum atomic E-state index is 13.5. The summed E-state index contributed by atoms with van der Waals surface area (Å²) >= 11 is 1.26. The zero-order chi connectivity index (χ0) is 31.6. The lowest BCUT2D eigenvalue weighted by Gasteiger charge is -2.37. The van der Waals surface area contributed by atoms with Crippen molar-refractivity contribution in [2.24, 2.45) is 4.99 Å². The molecule has 1 saturated heterocycles. The van der Waals surface area contributed by atoms with E-state index in [0.29, 0.717) is 34.8 Å². The Hall–Kier alpha value is -4.13. The monoisotopic (exact) mass is 635 g/mol. The van der Waals surface area contributed by atoms with Crippen LogP contribution in [0.5, 0.6) is 11.5 Å². The lowest BCUT2D eigenvalue weighted by atomic mass is 10.0. The third-order valence-corrected chi connectivity index (χ3v) is 8.27. The van der Waals surface area contributed by atoms with Gasteiger partial charge >= 0.3 is 12.4 Å². The van der Waals surface area contributed by atoms with Gasteiger partial charge < -0.3 is 19.3 Å². The van der Waals surface area contributed by atoms with Crippen LogP contribution in [0.4, 0.5) is 32.0 Å². The van der Waals surface area contributed by atoms with E-state index < -0.39 is 35.6 Å². The number of para-hydroxylation sites is 1. The summed E-state index contributed by atoms with van der Waals surface area (Å²) < 4.78 is 90.4. The summed E-state index contributed by atoms with van der Waals surface area (Å²) in [5.41, 5.74) is -0.346. The highest BCUT2D eigenvalue weighted by Crippen LogP contribution is 2.39. The minimum Gasteiger partial charge on any atom is -0.493 e. The molecule has 2 aliphatic heterocycles. The average molecular weight is 636 g/mol. The van der Waals surface area contributed by atoms with E-state index >= 15 is 0 Å². The fourth-order valence-electron chi connectivity index (χ4n) is 4.93. The van der Waals surface area contributed by atoms with E-state index in [1.54, 1.807) is 18.2 Å². The van der Waals surface area contributed by atoms with Crippen LogP contribution >= 0.6 is 11.8 Å². The van der Waals surface area contributed by atoms with E-state index in [4.69, 9.17) is 9.47 Å². The van der Waals surface area contributed by atoms with Crippen LogP contribution in [0.1, 0.15) is 27.8 Å². The van der Waals surface area contributed by atoms with Gasteiger partial charge in [0.1, 0.15) is 6.61 Å². The summed E-state index contributed by atoms with van der Waals surface area (Å²) in [5.74, 6) is -0.132. The number of carbonyl (C=O) groups is 1. The van der Waals surface area contributed by atoms with Crippen molar-refractivity contribution in [3.63, 3.8) is 0 Å². The molecular weight excluding hydrogens is 608 g/mol. The third-order valence-electron chi connectivity index (χ3n) is 7.23. The summed E-state index contributed by atoms with van der Waals surface area (Å²) in [6, 6.07) is 14.2. The Kier molecular flexibility index (Phi) is 8.87. The predicted octanol–water partition coefficient (Wildman–Crippen LogP) is 7.41. The molecular formula is C31H27F6N3O3S. The molecule has 0 radical (unpaired) electrons. The van der Waals surface area contributed by atoms with Gasteiger partial charge in [0, 0.05) is 37.4 Å². The summed E-state index contributed by atoms with van der Waals surface area (Å²) in [7, 11) is 1.34. The molecule has 0 aromatic heterocycles. The minimum atomic E-state index is -5.01. The summed E-state index contributed by atoms with van der Waals surface area (Å²) in [6.07, 6.45) is -8.30.